The van der Waals surface area contributed by atoms with Crippen LogP contribution in [0.3, 0.4) is 0 Å². The van der Waals surface area contributed by atoms with Crippen molar-refractivity contribution in [2.24, 2.45) is 5.41 Å². The molecule has 0 spiro atoms. The van der Waals surface area contributed by atoms with Crippen LogP contribution in [0.5, 0.6) is 5.75 Å². The van der Waals surface area contributed by atoms with E-state index in [0.29, 0.717) is 10.5 Å². The van der Waals surface area contributed by atoms with E-state index < -0.39 is 11.6 Å². The minimum atomic E-state index is -0.925. The Labute approximate surface area is 120 Å². The van der Waals surface area contributed by atoms with Crippen LogP contribution in [-0.2, 0) is 0 Å². The van der Waals surface area contributed by atoms with E-state index >= 15 is 0 Å². The molecule has 0 heterocycles. The third-order valence-corrected chi connectivity index (χ3v) is 4.31. The Balaban J connectivity index is 2.12. The van der Waals surface area contributed by atoms with Gasteiger partial charge < -0.3 is 10.1 Å². The number of hydrogen-bond donors (Lipinski definition) is 1. The molecule has 0 saturated heterocycles. The third kappa shape index (κ3) is 2.77. The van der Waals surface area contributed by atoms with Gasteiger partial charge in [-0.2, -0.15) is 4.39 Å². The fourth-order valence-corrected chi connectivity index (χ4v) is 2.86. The maximum absolute atomic E-state index is 13.7. The Morgan fingerprint density at radius 3 is 2.68 bits per heavy atom. The zero-order valence-electron chi connectivity index (χ0n) is 11.3. The summed E-state index contributed by atoms with van der Waals surface area (Å²) in [6.07, 6.45) is 0.689. The Kier molecular flexibility index (Phi) is 4.16. The average Bonchev–Trinajstić information content (AvgIpc) is 2.33. The van der Waals surface area contributed by atoms with Crippen molar-refractivity contribution in [1.29, 1.82) is 0 Å². The van der Waals surface area contributed by atoms with Crippen molar-refractivity contribution in [1.82, 2.24) is 5.32 Å². The van der Waals surface area contributed by atoms with Gasteiger partial charge in [0.1, 0.15) is 6.10 Å². The average molecular weight is 334 g/mol. The lowest BCUT2D eigenvalue weighted by atomic mass is 9.64. The fraction of sp³-hybridized carbons (Fsp3) is 0.571. The van der Waals surface area contributed by atoms with E-state index in [4.69, 9.17) is 4.74 Å². The maximum Gasteiger partial charge on any atom is 0.200 e. The summed E-state index contributed by atoms with van der Waals surface area (Å²) in [4.78, 5) is 0. The van der Waals surface area contributed by atoms with Crippen LogP contribution in [-0.4, -0.2) is 18.7 Å². The Bertz CT molecular complexity index is 479. The first kappa shape index (κ1) is 14.7. The standard InChI is InChI=1S/C14H18BrF2NO/c1-4-18-11-7-12(14(11,2)3)19-10-6-8(15)5-9(16)13(10)17/h5-6,11-12,18H,4,7H2,1-3H3. The van der Waals surface area contributed by atoms with Crippen molar-refractivity contribution in [3.05, 3.63) is 28.2 Å². The molecule has 106 valence electrons. The van der Waals surface area contributed by atoms with Crippen LogP contribution in [0.1, 0.15) is 27.2 Å². The zero-order valence-corrected chi connectivity index (χ0v) is 12.9. The molecule has 0 bridgehead atoms. The Hall–Kier alpha value is -0.680. The SMILES string of the molecule is CCNC1CC(Oc2cc(Br)cc(F)c2F)C1(C)C. The molecule has 1 saturated carbocycles. The maximum atomic E-state index is 13.7. The van der Waals surface area contributed by atoms with Crippen LogP contribution in [0.25, 0.3) is 0 Å². The van der Waals surface area contributed by atoms with Crippen LogP contribution in [0.15, 0.2) is 16.6 Å². The molecule has 0 amide bonds. The van der Waals surface area contributed by atoms with E-state index in [-0.39, 0.29) is 17.3 Å². The van der Waals surface area contributed by atoms with Crippen molar-refractivity contribution < 1.29 is 13.5 Å². The highest BCUT2D eigenvalue weighted by molar-refractivity contribution is 9.10. The lowest BCUT2D eigenvalue weighted by molar-refractivity contribution is -0.0561. The molecule has 1 aromatic rings. The summed E-state index contributed by atoms with van der Waals surface area (Å²) < 4.78 is 33.1. The van der Waals surface area contributed by atoms with Gasteiger partial charge in [-0.25, -0.2) is 4.39 Å². The molecule has 2 unspecified atom stereocenters. The lowest BCUT2D eigenvalue weighted by Crippen LogP contribution is -2.62. The summed E-state index contributed by atoms with van der Waals surface area (Å²) in [7, 11) is 0. The van der Waals surface area contributed by atoms with Gasteiger partial charge in [0.25, 0.3) is 0 Å². The van der Waals surface area contributed by atoms with Crippen molar-refractivity contribution in [2.75, 3.05) is 6.54 Å². The normalized spacial score (nSPS) is 24.9. The highest BCUT2D eigenvalue weighted by Gasteiger charge is 2.49. The van der Waals surface area contributed by atoms with Gasteiger partial charge in [-0.05, 0) is 18.7 Å². The van der Waals surface area contributed by atoms with Gasteiger partial charge in [-0.3, -0.25) is 0 Å². The lowest BCUT2D eigenvalue weighted by Gasteiger charge is -2.51. The van der Waals surface area contributed by atoms with Gasteiger partial charge in [0.2, 0.25) is 5.82 Å². The number of rotatable bonds is 4. The molecule has 0 aromatic heterocycles. The monoisotopic (exact) mass is 333 g/mol. The van der Waals surface area contributed by atoms with Crippen molar-refractivity contribution in [3.63, 3.8) is 0 Å². The summed E-state index contributed by atoms with van der Waals surface area (Å²) in [5, 5.41) is 3.37. The predicted molar refractivity (Wildman–Crippen MR) is 74.3 cm³/mol. The first-order valence-corrected chi connectivity index (χ1v) is 7.20. The molecule has 1 aliphatic carbocycles. The summed E-state index contributed by atoms with van der Waals surface area (Å²) in [5.41, 5.74) is -0.0960. The molecule has 0 radical (unpaired) electrons. The van der Waals surface area contributed by atoms with Crippen LogP contribution in [0.4, 0.5) is 8.78 Å². The van der Waals surface area contributed by atoms with Gasteiger partial charge in [-0.1, -0.05) is 36.7 Å². The third-order valence-electron chi connectivity index (χ3n) is 3.86. The van der Waals surface area contributed by atoms with E-state index in [9.17, 15) is 8.78 Å². The van der Waals surface area contributed by atoms with Crippen molar-refractivity contribution >= 4 is 15.9 Å². The largest absolute Gasteiger partial charge is 0.487 e. The topological polar surface area (TPSA) is 21.3 Å². The number of ether oxygens (including phenoxy) is 1. The summed E-state index contributed by atoms with van der Waals surface area (Å²) >= 11 is 3.14. The molecular formula is C14H18BrF2NO. The summed E-state index contributed by atoms with van der Waals surface area (Å²) in [6.45, 7) is 7.08. The number of benzene rings is 1. The molecule has 1 aliphatic rings. The molecule has 1 N–H and O–H groups in total. The van der Waals surface area contributed by atoms with Gasteiger partial charge in [-0.15, -0.1) is 0 Å². The van der Waals surface area contributed by atoms with Crippen LogP contribution in [0, 0.1) is 17.0 Å². The van der Waals surface area contributed by atoms with E-state index in [1.54, 1.807) is 0 Å². The van der Waals surface area contributed by atoms with Crippen molar-refractivity contribution in [3.8, 4) is 5.75 Å². The zero-order chi connectivity index (χ0) is 14.2. The molecular weight excluding hydrogens is 316 g/mol. The first-order valence-electron chi connectivity index (χ1n) is 6.40. The predicted octanol–water partition coefficient (Wildman–Crippen LogP) is 3.88. The first-order chi connectivity index (χ1) is 8.86. The van der Waals surface area contributed by atoms with Crippen LogP contribution < -0.4 is 10.1 Å². The van der Waals surface area contributed by atoms with E-state index in [2.05, 4.69) is 35.1 Å². The molecule has 2 atom stereocenters. The molecule has 0 aliphatic heterocycles. The second-order valence-electron chi connectivity index (χ2n) is 5.47. The van der Waals surface area contributed by atoms with E-state index in [0.717, 1.165) is 19.0 Å². The quantitative estimate of drug-likeness (QED) is 0.844. The molecule has 1 fully saturated rings. The van der Waals surface area contributed by atoms with Gasteiger partial charge in [0, 0.05) is 22.4 Å². The Morgan fingerprint density at radius 2 is 2.11 bits per heavy atom. The van der Waals surface area contributed by atoms with Crippen LogP contribution in [0.2, 0.25) is 0 Å². The second-order valence-corrected chi connectivity index (χ2v) is 6.39. The Morgan fingerprint density at radius 1 is 1.42 bits per heavy atom. The minimum absolute atomic E-state index is 0.0279. The minimum Gasteiger partial charge on any atom is -0.487 e. The molecule has 5 heteroatoms. The van der Waals surface area contributed by atoms with Crippen molar-refractivity contribution in [2.45, 2.75) is 39.3 Å². The fourth-order valence-electron chi connectivity index (χ4n) is 2.45. The van der Waals surface area contributed by atoms with Crippen LogP contribution >= 0.6 is 15.9 Å². The van der Waals surface area contributed by atoms with Gasteiger partial charge in [0.15, 0.2) is 11.6 Å². The second kappa shape index (κ2) is 5.37. The molecule has 2 nitrogen and oxygen atoms in total. The number of hydrogen-bond acceptors (Lipinski definition) is 2. The molecule has 1 aromatic carbocycles. The van der Waals surface area contributed by atoms with Gasteiger partial charge >= 0.3 is 0 Å². The molecule has 19 heavy (non-hydrogen) atoms. The molecule has 2 rings (SSSR count). The highest BCUT2D eigenvalue weighted by Crippen LogP contribution is 2.43. The van der Waals surface area contributed by atoms with Gasteiger partial charge in [0.05, 0.1) is 0 Å². The number of nitrogens with one attached hydrogen (secondary N) is 1. The van der Waals surface area contributed by atoms with E-state index in [1.165, 1.54) is 6.07 Å². The summed E-state index contributed by atoms with van der Waals surface area (Å²) in [6, 6.07) is 2.91. The van der Waals surface area contributed by atoms with E-state index in [1.807, 2.05) is 6.92 Å². The highest BCUT2D eigenvalue weighted by atomic mass is 79.9. The summed E-state index contributed by atoms with van der Waals surface area (Å²) in [5.74, 6) is -1.85. The smallest absolute Gasteiger partial charge is 0.200 e. The number of halogens is 3.